The maximum atomic E-state index is 6.95. The molecule has 3 heterocycles. The molecule has 0 unspecified atom stereocenters. The number of hydrogen-bond donors (Lipinski definition) is 0. The van der Waals surface area contributed by atoms with Crippen molar-refractivity contribution in [1.82, 2.24) is 14.1 Å². The fraction of sp³-hybridized carbons (Fsp3) is 0.143. The summed E-state index contributed by atoms with van der Waals surface area (Å²) in [5, 5.41) is 2.34. The van der Waals surface area contributed by atoms with Gasteiger partial charge in [-0.3, -0.25) is 4.57 Å². The van der Waals surface area contributed by atoms with Crippen molar-refractivity contribution >= 4 is 32.8 Å². The van der Waals surface area contributed by atoms with Gasteiger partial charge in [-0.15, -0.1) is 0 Å². The van der Waals surface area contributed by atoms with Crippen LogP contribution in [0.5, 0.6) is 11.5 Å². The standard InChI is InChI=1S/C56H49N4O.ClH/c1-55(2,3)40-30-31-57-53(34-40)60-49-25-14-13-22-47(49)48-29-28-43(36-52(48)60)61-44-33-41(56(4,5)6)32-42(35-44)58-37-59(51-27-16-15-26-50(51)58)54-45(38-18-9-7-10-19-38)23-17-24-46(54)39-20-11-8-12-21-39;/h7-37H,1-6H3;1H/q+1;/p-1. The fourth-order valence-corrected chi connectivity index (χ4v) is 8.62. The molecule has 0 bridgehead atoms. The first-order valence-corrected chi connectivity index (χ1v) is 21.1. The van der Waals surface area contributed by atoms with E-state index in [1.54, 1.807) is 0 Å². The molecule has 6 heteroatoms. The Morgan fingerprint density at radius 1 is 0.500 bits per heavy atom. The predicted octanol–water partition coefficient (Wildman–Crippen LogP) is 11.1. The lowest BCUT2D eigenvalue weighted by Crippen LogP contribution is -3.00. The molecule has 0 fully saturated rings. The van der Waals surface area contributed by atoms with Crippen molar-refractivity contribution in [3.05, 3.63) is 200 Å². The molecule has 10 rings (SSSR count). The molecule has 0 saturated heterocycles. The zero-order chi connectivity index (χ0) is 41.9. The maximum Gasteiger partial charge on any atom is 0.255 e. The third kappa shape index (κ3) is 7.33. The molecule has 5 nitrogen and oxygen atoms in total. The van der Waals surface area contributed by atoms with Crippen LogP contribution in [0.15, 0.2) is 188 Å². The first-order chi connectivity index (χ1) is 29.5. The van der Waals surface area contributed by atoms with Gasteiger partial charge in [-0.1, -0.05) is 151 Å². The van der Waals surface area contributed by atoms with Gasteiger partial charge in [0.25, 0.3) is 6.33 Å². The number of ether oxygens (including phenoxy) is 1. The quantitative estimate of drug-likeness (QED) is 0.150. The summed E-state index contributed by atoms with van der Waals surface area (Å²) in [6.07, 6.45) is 4.17. The van der Waals surface area contributed by atoms with Crippen LogP contribution < -0.4 is 21.7 Å². The normalized spacial score (nSPS) is 11.9. The summed E-state index contributed by atoms with van der Waals surface area (Å²) in [6.45, 7) is 13.5. The third-order valence-corrected chi connectivity index (χ3v) is 11.8. The van der Waals surface area contributed by atoms with E-state index in [2.05, 4.69) is 237 Å². The van der Waals surface area contributed by atoms with E-state index in [4.69, 9.17) is 9.72 Å². The number of benzene rings is 7. The number of hydrogen-bond acceptors (Lipinski definition) is 2. The van der Waals surface area contributed by atoms with Crippen molar-refractivity contribution in [1.29, 1.82) is 0 Å². The Balaban J connectivity index is 0.00000490. The molecule has 0 radical (unpaired) electrons. The molecular formula is C56H49ClN4O. The molecule has 0 aliphatic carbocycles. The number of halogens is 1. The fourth-order valence-electron chi connectivity index (χ4n) is 8.62. The van der Waals surface area contributed by atoms with E-state index in [1.807, 2.05) is 6.20 Å². The number of para-hydroxylation sites is 4. The van der Waals surface area contributed by atoms with E-state index in [0.717, 1.165) is 67.3 Å². The SMILES string of the molecule is CC(C)(C)c1cc(Oc2ccc3c4ccccc4n(-c4cc(C(C)(C)C)ccn4)c3c2)cc(-[n+]2cn(-c3c(-c4ccccc4)cccc3-c3ccccc3)c3ccccc32)c1.[Cl-]. The number of pyridine rings is 1. The topological polar surface area (TPSA) is 35.9 Å². The lowest BCUT2D eigenvalue weighted by atomic mass is 9.86. The second kappa shape index (κ2) is 15.8. The van der Waals surface area contributed by atoms with Gasteiger partial charge < -0.3 is 17.1 Å². The van der Waals surface area contributed by atoms with E-state index in [-0.39, 0.29) is 23.2 Å². The average molecular weight is 829 g/mol. The van der Waals surface area contributed by atoms with Crippen LogP contribution in [-0.2, 0) is 10.8 Å². The van der Waals surface area contributed by atoms with Crippen LogP contribution in [0.1, 0.15) is 52.7 Å². The van der Waals surface area contributed by atoms with Crippen LogP contribution in [0.2, 0.25) is 0 Å². The number of nitrogens with zero attached hydrogens (tertiary/aromatic N) is 4. The molecule has 7 aromatic carbocycles. The van der Waals surface area contributed by atoms with Crippen LogP contribution in [0.4, 0.5) is 0 Å². The second-order valence-corrected chi connectivity index (χ2v) is 18.0. The molecular weight excluding hydrogens is 780 g/mol. The number of aromatic nitrogens is 4. The molecule has 0 aliphatic rings. The minimum absolute atomic E-state index is 0. The Hall–Kier alpha value is -6.95. The summed E-state index contributed by atoms with van der Waals surface area (Å²) in [5.74, 6) is 2.43. The van der Waals surface area contributed by atoms with Crippen molar-refractivity contribution < 1.29 is 21.7 Å². The van der Waals surface area contributed by atoms with Gasteiger partial charge in [0.05, 0.1) is 11.0 Å². The van der Waals surface area contributed by atoms with Crippen molar-refractivity contribution in [2.24, 2.45) is 0 Å². The van der Waals surface area contributed by atoms with Crippen molar-refractivity contribution in [3.8, 4) is 50.9 Å². The molecule has 0 saturated carbocycles. The Morgan fingerprint density at radius 2 is 1.11 bits per heavy atom. The van der Waals surface area contributed by atoms with Gasteiger partial charge in [-0.25, -0.2) is 4.98 Å². The summed E-state index contributed by atoms with van der Waals surface area (Å²) >= 11 is 0. The van der Waals surface area contributed by atoms with Crippen LogP contribution in [0.3, 0.4) is 0 Å². The van der Waals surface area contributed by atoms with Gasteiger partial charge in [0.15, 0.2) is 11.0 Å². The Labute approximate surface area is 369 Å². The monoisotopic (exact) mass is 828 g/mol. The molecule has 0 aliphatic heterocycles. The van der Waals surface area contributed by atoms with E-state index in [0.29, 0.717) is 0 Å². The summed E-state index contributed by atoms with van der Waals surface area (Å²) in [7, 11) is 0. The molecule has 10 aromatic rings. The van der Waals surface area contributed by atoms with Gasteiger partial charge in [-0.2, -0.15) is 9.13 Å². The first-order valence-electron chi connectivity index (χ1n) is 21.1. The minimum Gasteiger partial charge on any atom is -1.00 e. The lowest BCUT2D eigenvalue weighted by molar-refractivity contribution is -0.567. The molecule has 0 amide bonds. The molecule has 306 valence electrons. The van der Waals surface area contributed by atoms with Gasteiger partial charge in [0, 0.05) is 40.2 Å². The van der Waals surface area contributed by atoms with E-state index in [9.17, 15) is 0 Å². The van der Waals surface area contributed by atoms with Crippen LogP contribution in [-0.4, -0.2) is 14.1 Å². The highest BCUT2D eigenvalue weighted by Gasteiger charge is 2.27. The Kier molecular flexibility index (Phi) is 10.3. The van der Waals surface area contributed by atoms with Gasteiger partial charge in [0.1, 0.15) is 28.7 Å². The molecule has 0 N–H and O–H groups in total. The summed E-state index contributed by atoms with van der Waals surface area (Å²) in [5.41, 5.74) is 13.4. The second-order valence-electron chi connectivity index (χ2n) is 18.0. The van der Waals surface area contributed by atoms with Crippen molar-refractivity contribution in [3.63, 3.8) is 0 Å². The van der Waals surface area contributed by atoms with E-state index >= 15 is 0 Å². The predicted molar refractivity (Wildman–Crippen MR) is 252 cm³/mol. The largest absolute Gasteiger partial charge is 1.00 e. The minimum atomic E-state index is -0.145. The van der Waals surface area contributed by atoms with Crippen molar-refractivity contribution in [2.45, 2.75) is 52.4 Å². The Bertz CT molecular complexity index is 3180. The smallest absolute Gasteiger partial charge is 0.255 e. The number of rotatable bonds is 7. The summed E-state index contributed by atoms with van der Waals surface area (Å²) in [6, 6.07) is 62.7. The number of fused-ring (bicyclic) bond motifs is 4. The lowest BCUT2D eigenvalue weighted by Gasteiger charge is -2.21. The highest BCUT2D eigenvalue weighted by Crippen LogP contribution is 2.39. The van der Waals surface area contributed by atoms with Gasteiger partial charge in [-0.05, 0) is 87.7 Å². The molecule has 62 heavy (non-hydrogen) atoms. The Morgan fingerprint density at radius 3 is 1.79 bits per heavy atom. The van der Waals surface area contributed by atoms with Crippen LogP contribution >= 0.6 is 0 Å². The molecule has 3 aromatic heterocycles. The average Bonchev–Trinajstić information content (AvgIpc) is 3.82. The van der Waals surface area contributed by atoms with Gasteiger partial charge >= 0.3 is 0 Å². The first kappa shape index (κ1) is 40.5. The van der Waals surface area contributed by atoms with E-state index in [1.165, 1.54) is 27.6 Å². The zero-order valence-corrected chi connectivity index (χ0v) is 36.7. The van der Waals surface area contributed by atoms with Gasteiger partial charge in [0.2, 0.25) is 0 Å². The molecule has 0 spiro atoms. The summed E-state index contributed by atoms with van der Waals surface area (Å²) in [4.78, 5) is 4.90. The van der Waals surface area contributed by atoms with Crippen LogP contribution in [0.25, 0.3) is 72.3 Å². The third-order valence-electron chi connectivity index (χ3n) is 11.8. The molecule has 0 atom stereocenters. The highest BCUT2D eigenvalue weighted by molar-refractivity contribution is 6.09. The number of imidazole rings is 1. The highest BCUT2D eigenvalue weighted by atomic mass is 35.5. The van der Waals surface area contributed by atoms with E-state index < -0.39 is 0 Å². The van der Waals surface area contributed by atoms with Crippen molar-refractivity contribution in [2.75, 3.05) is 0 Å². The maximum absolute atomic E-state index is 6.95. The van der Waals surface area contributed by atoms with Crippen LogP contribution in [0, 0.1) is 0 Å². The summed E-state index contributed by atoms with van der Waals surface area (Å²) < 4.78 is 13.9. The zero-order valence-electron chi connectivity index (χ0n) is 36.0.